The van der Waals surface area contributed by atoms with Crippen LogP contribution in [-0.2, 0) is 0 Å². The third kappa shape index (κ3) is 5.10. The fourth-order valence-corrected chi connectivity index (χ4v) is 3.94. The summed E-state index contributed by atoms with van der Waals surface area (Å²) < 4.78 is 0. The summed E-state index contributed by atoms with van der Waals surface area (Å²) in [6, 6.07) is 16.1. The van der Waals surface area contributed by atoms with Gasteiger partial charge in [-0.15, -0.1) is 0 Å². The monoisotopic (exact) mass is 395 g/mol. The van der Waals surface area contributed by atoms with E-state index in [1.807, 2.05) is 29.2 Å². The fourth-order valence-electron chi connectivity index (χ4n) is 3.68. The molecule has 1 atom stereocenters. The summed E-state index contributed by atoms with van der Waals surface area (Å²) in [4.78, 5) is 14.5. The first-order valence-electron chi connectivity index (χ1n) is 10.1. The lowest BCUT2D eigenvalue weighted by Gasteiger charge is -2.26. The van der Waals surface area contributed by atoms with E-state index < -0.39 is 0 Å². The topological polar surface area (TPSA) is 44.4 Å². The van der Waals surface area contributed by atoms with Crippen molar-refractivity contribution in [3.05, 3.63) is 65.2 Å². The molecule has 2 N–H and O–H groups in total. The Hall–Kier alpha value is -2.40. The maximum Gasteiger partial charge on any atom is 0.253 e. The molecular weight excluding hydrogens is 366 g/mol. The maximum absolute atomic E-state index is 12.6. The Morgan fingerprint density at radius 1 is 1.07 bits per heavy atom. The summed E-state index contributed by atoms with van der Waals surface area (Å²) in [5.74, 6) is 0.123. The zero-order valence-corrected chi connectivity index (χ0v) is 17.5. The zero-order chi connectivity index (χ0) is 19.9. The van der Waals surface area contributed by atoms with Crippen LogP contribution in [0.4, 0.5) is 5.69 Å². The van der Waals surface area contributed by atoms with Gasteiger partial charge in [0.25, 0.3) is 5.91 Å². The van der Waals surface area contributed by atoms with Gasteiger partial charge < -0.3 is 15.5 Å². The number of anilines is 1. The number of hydrogen-bond acceptors (Lipinski definition) is 2. The van der Waals surface area contributed by atoms with Crippen LogP contribution in [0.5, 0.6) is 0 Å². The Labute approximate surface area is 173 Å². The summed E-state index contributed by atoms with van der Waals surface area (Å²) in [5.41, 5.74) is 4.13. The lowest BCUT2D eigenvalue weighted by atomic mass is 10.00. The van der Waals surface area contributed by atoms with Gasteiger partial charge in [-0.3, -0.25) is 4.79 Å². The Morgan fingerprint density at radius 2 is 1.75 bits per heavy atom. The number of benzene rings is 2. The maximum atomic E-state index is 12.6. The van der Waals surface area contributed by atoms with Gasteiger partial charge >= 0.3 is 0 Å². The van der Waals surface area contributed by atoms with Crippen molar-refractivity contribution < 1.29 is 4.79 Å². The second-order valence-electron chi connectivity index (χ2n) is 7.35. The quantitative estimate of drug-likeness (QED) is 0.695. The Balaban J connectivity index is 1.59. The molecule has 4 nitrogen and oxygen atoms in total. The molecule has 1 amide bonds. The van der Waals surface area contributed by atoms with Gasteiger partial charge in [-0.25, -0.2) is 0 Å². The zero-order valence-electron chi connectivity index (χ0n) is 16.7. The minimum absolute atomic E-state index is 0.123. The molecule has 1 fully saturated rings. The number of piperidine rings is 1. The molecule has 1 aliphatic heterocycles. The summed E-state index contributed by atoms with van der Waals surface area (Å²) in [6.45, 7) is 6.00. The number of amides is 1. The smallest absolute Gasteiger partial charge is 0.253 e. The minimum atomic E-state index is 0.123. The van der Waals surface area contributed by atoms with Gasteiger partial charge in [-0.2, -0.15) is 0 Å². The molecule has 0 spiro atoms. The highest BCUT2D eigenvalue weighted by Gasteiger charge is 2.18. The van der Waals surface area contributed by atoms with Crippen molar-refractivity contribution in [2.45, 2.75) is 45.6 Å². The standard InChI is InChI=1S/C23H29N3OS/c1-3-21(20-10-6-5-9-17(20)2)25-23(28)24-19-13-11-18(12-14-19)22(27)26-15-7-4-8-16-26/h5-6,9-14,21H,3-4,7-8,15-16H2,1-2H3,(H2,24,25,28). The first-order chi connectivity index (χ1) is 13.6. The number of nitrogens with zero attached hydrogens (tertiary/aromatic N) is 1. The lowest BCUT2D eigenvalue weighted by Crippen LogP contribution is -2.35. The van der Waals surface area contributed by atoms with Gasteiger partial charge in [0.15, 0.2) is 5.11 Å². The van der Waals surface area contributed by atoms with E-state index in [1.54, 1.807) is 0 Å². The molecule has 0 aliphatic carbocycles. The van der Waals surface area contributed by atoms with Crippen LogP contribution in [0.1, 0.15) is 60.1 Å². The van der Waals surface area contributed by atoms with Crippen LogP contribution >= 0.6 is 12.2 Å². The molecule has 1 unspecified atom stereocenters. The Morgan fingerprint density at radius 3 is 2.39 bits per heavy atom. The lowest BCUT2D eigenvalue weighted by molar-refractivity contribution is 0.0724. The number of rotatable bonds is 5. The van der Waals surface area contributed by atoms with E-state index in [2.05, 4.69) is 48.7 Å². The normalized spacial score (nSPS) is 15.0. The highest BCUT2D eigenvalue weighted by molar-refractivity contribution is 7.80. The molecule has 28 heavy (non-hydrogen) atoms. The minimum Gasteiger partial charge on any atom is -0.356 e. The number of aryl methyl sites for hydroxylation is 1. The Bertz CT molecular complexity index is 813. The number of nitrogens with one attached hydrogen (secondary N) is 2. The first kappa shape index (κ1) is 20.3. The van der Waals surface area contributed by atoms with E-state index in [4.69, 9.17) is 12.2 Å². The van der Waals surface area contributed by atoms with Crippen molar-refractivity contribution >= 4 is 28.9 Å². The first-order valence-corrected chi connectivity index (χ1v) is 10.5. The number of hydrogen-bond donors (Lipinski definition) is 2. The summed E-state index contributed by atoms with van der Waals surface area (Å²) in [5, 5.41) is 7.23. The van der Waals surface area contributed by atoms with Crippen molar-refractivity contribution in [2.75, 3.05) is 18.4 Å². The molecule has 148 valence electrons. The average Bonchev–Trinajstić information content (AvgIpc) is 2.73. The van der Waals surface area contributed by atoms with Crippen molar-refractivity contribution in [3.63, 3.8) is 0 Å². The van der Waals surface area contributed by atoms with Crippen molar-refractivity contribution in [3.8, 4) is 0 Å². The van der Waals surface area contributed by atoms with Crippen LogP contribution in [-0.4, -0.2) is 29.0 Å². The molecular formula is C23H29N3OS. The second kappa shape index (κ2) is 9.69. The third-order valence-corrected chi connectivity index (χ3v) is 5.53. The largest absolute Gasteiger partial charge is 0.356 e. The van der Waals surface area contributed by atoms with Crippen molar-refractivity contribution in [1.82, 2.24) is 10.2 Å². The van der Waals surface area contributed by atoms with Crippen molar-refractivity contribution in [2.24, 2.45) is 0 Å². The van der Waals surface area contributed by atoms with E-state index in [1.165, 1.54) is 17.5 Å². The second-order valence-corrected chi connectivity index (χ2v) is 7.75. The molecule has 5 heteroatoms. The summed E-state index contributed by atoms with van der Waals surface area (Å²) in [6.07, 6.45) is 4.36. The molecule has 3 rings (SSSR count). The van der Waals surface area contributed by atoms with E-state index in [-0.39, 0.29) is 11.9 Å². The Kier molecular flexibility index (Phi) is 7.04. The number of carbonyl (C=O) groups is 1. The number of carbonyl (C=O) groups excluding carboxylic acids is 1. The van der Waals surface area contributed by atoms with Crippen LogP contribution in [0.25, 0.3) is 0 Å². The van der Waals surface area contributed by atoms with Crippen LogP contribution in [0.3, 0.4) is 0 Å². The van der Waals surface area contributed by atoms with Gasteiger partial charge in [0.2, 0.25) is 0 Å². The van der Waals surface area contributed by atoms with E-state index in [0.29, 0.717) is 5.11 Å². The summed E-state index contributed by atoms with van der Waals surface area (Å²) >= 11 is 5.51. The van der Waals surface area contributed by atoms with Gasteiger partial charge in [0, 0.05) is 24.3 Å². The van der Waals surface area contributed by atoms with Crippen molar-refractivity contribution in [1.29, 1.82) is 0 Å². The highest BCUT2D eigenvalue weighted by Crippen LogP contribution is 2.21. The average molecular weight is 396 g/mol. The van der Waals surface area contributed by atoms with E-state index in [9.17, 15) is 4.79 Å². The molecule has 2 aromatic rings. The molecule has 1 heterocycles. The van der Waals surface area contributed by atoms with Crippen LogP contribution in [0, 0.1) is 6.92 Å². The van der Waals surface area contributed by atoms with E-state index >= 15 is 0 Å². The van der Waals surface area contributed by atoms with Gasteiger partial charge in [0.05, 0.1) is 6.04 Å². The fraction of sp³-hybridized carbons (Fsp3) is 0.391. The van der Waals surface area contributed by atoms with Gasteiger partial charge in [-0.1, -0.05) is 31.2 Å². The molecule has 1 saturated heterocycles. The molecule has 0 radical (unpaired) electrons. The molecule has 0 aromatic heterocycles. The predicted octanol–water partition coefficient (Wildman–Crippen LogP) is 5.06. The third-order valence-electron chi connectivity index (χ3n) is 5.31. The predicted molar refractivity (Wildman–Crippen MR) is 120 cm³/mol. The van der Waals surface area contributed by atoms with Crippen LogP contribution < -0.4 is 10.6 Å². The summed E-state index contributed by atoms with van der Waals surface area (Å²) in [7, 11) is 0. The number of likely N-dealkylation sites (tertiary alicyclic amines) is 1. The molecule has 0 bridgehead atoms. The molecule has 1 aliphatic rings. The SMILES string of the molecule is CCC(NC(=S)Nc1ccc(C(=O)N2CCCCC2)cc1)c1ccccc1C. The van der Waals surface area contributed by atoms with Crippen LogP contribution in [0.15, 0.2) is 48.5 Å². The molecule has 0 saturated carbocycles. The van der Waals surface area contributed by atoms with Crippen LogP contribution in [0.2, 0.25) is 0 Å². The van der Waals surface area contributed by atoms with Gasteiger partial charge in [-0.05, 0) is 80.2 Å². The van der Waals surface area contributed by atoms with Gasteiger partial charge in [0.1, 0.15) is 0 Å². The number of thiocarbonyl (C=S) groups is 1. The highest BCUT2D eigenvalue weighted by atomic mass is 32.1. The molecule has 2 aromatic carbocycles. The van der Waals surface area contributed by atoms with E-state index in [0.717, 1.165) is 43.6 Å².